The number of carbonyl (C=O) groups excluding carboxylic acids is 2. The number of anilines is 3. The molecule has 13 heteroatoms. The maximum absolute atomic E-state index is 14.1. The summed E-state index contributed by atoms with van der Waals surface area (Å²) in [6, 6.07) is 7.62. The van der Waals surface area contributed by atoms with E-state index in [-0.39, 0.29) is 30.5 Å². The molecule has 180 valence electrons. The van der Waals surface area contributed by atoms with Gasteiger partial charge >= 0.3 is 0 Å². The maximum Gasteiger partial charge on any atom is 0.263 e. The van der Waals surface area contributed by atoms with Crippen LogP contribution in [0.4, 0.5) is 21.7 Å². The van der Waals surface area contributed by atoms with Gasteiger partial charge in [0.15, 0.2) is 34.7 Å². The van der Waals surface area contributed by atoms with Crippen molar-refractivity contribution in [2.75, 3.05) is 29.1 Å². The summed E-state index contributed by atoms with van der Waals surface area (Å²) < 4.78 is 26.0. The largest absolute Gasteiger partial charge is 0.380 e. The van der Waals surface area contributed by atoms with Crippen molar-refractivity contribution in [2.45, 2.75) is 18.6 Å². The van der Waals surface area contributed by atoms with Crippen LogP contribution in [-0.4, -0.2) is 61.7 Å². The van der Waals surface area contributed by atoms with E-state index in [1.54, 1.807) is 12.1 Å². The number of hydrogen-bond donors (Lipinski definition) is 3. The van der Waals surface area contributed by atoms with E-state index in [0.717, 1.165) is 6.20 Å². The van der Waals surface area contributed by atoms with Gasteiger partial charge in [0.2, 0.25) is 0 Å². The lowest BCUT2D eigenvalue weighted by Crippen LogP contribution is -2.63. The van der Waals surface area contributed by atoms with Crippen molar-refractivity contribution in [3.63, 3.8) is 0 Å². The van der Waals surface area contributed by atoms with Crippen LogP contribution < -0.4 is 16.0 Å². The average Bonchev–Trinajstić information content (AvgIpc) is 3.48. The summed E-state index contributed by atoms with van der Waals surface area (Å²) in [5, 5.41) is 21.8. The number of aromatic nitrogens is 4. The van der Waals surface area contributed by atoms with Crippen LogP contribution in [0.25, 0.3) is 16.7 Å². The number of amides is 2. The number of nitrogens with two attached hydrogens (primary N) is 1. The van der Waals surface area contributed by atoms with Crippen molar-refractivity contribution >= 4 is 40.1 Å². The highest BCUT2D eigenvalue weighted by molar-refractivity contribution is 6.06. The first-order valence-electron chi connectivity index (χ1n) is 10.5. The highest BCUT2D eigenvalue weighted by Crippen LogP contribution is 2.29. The topological polar surface area (TPSA) is 162 Å². The number of aliphatic hydroxyl groups excluding tert-OH is 1. The number of nitrogens with one attached hydrogen (secondary N) is 1. The number of hydrogen-bond acceptors (Lipinski definition) is 9. The summed E-state index contributed by atoms with van der Waals surface area (Å²) in [6.07, 6.45) is 2.11. The van der Waals surface area contributed by atoms with Crippen LogP contribution in [-0.2, 0) is 14.3 Å². The molecule has 1 unspecified atom stereocenters. The third-order valence-corrected chi connectivity index (χ3v) is 5.77. The highest BCUT2D eigenvalue weighted by atomic mass is 19.1. The molecule has 1 aliphatic heterocycles. The number of carbonyl (C=O) groups is 2. The smallest absolute Gasteiger partial charge is 0.263 e. The third kappa shape index (κ3) is 3.86. The van der Waals surface area contributed by atoms with E-state index < -0.39 is 29.3 Å². The second-order valence-electron chi connectivity index (χ2n) is 8.03. The number of nitrogen functional groups attached to an aromatic ring is 1. The number of fused-ring (bicyclic) bond motifs is 1. The Morgan fingerprint density at radius 2 is 2.17 bits per heavy atom. The molecule has 2 amide bonds. The molecule has 35 heavy (non-hydrogen) atoms. The fourth-order valence-electron chi connectivity index (χ4n) is 3.84. The quantitative estimate of drug-likeness (QED) is 0.381. The molecular formula is C22H20FN7O5. The van der Waals surface area contributed by atoms with Crippen molar-refractivity contribution < 1.29 is 28.3 Å². The van der Waals surface area contributed by atoms with Gasteiger partial charge in [-0.25, -0.2) is 9.07 Å². The zero-order chi connectivity index (χ0) is 24.7. The Labute approximate surface area is 197 Å². The molecular weight excluding hydrogens is 461 g/mol. The van der Waals surface area contributed by atoms with Crippen LogP contribution in [0.15, 0.2) is 53.4 Å². The van der Waals surface area contributed by atoms with E-state index in [9.17, 15) is 19.1 Å². The van der Waals surface area contributed by atoms with E-state index in [1.165, 1.54) is 47.1 Å². The molecule has 1 aliphatic rings. The SMILES string of the molecule is C[C@]1(C(O)C(=O)Nc2ccc3c(N)noc3c2)OCCN(c2ccn(-c3ccncc3F)n2)C1=O. The molecule has 1 fully saturated rings. The summed E-state index contributed by atoms with van der Waals surface area (Å²) in [7, 11) is 0. The number of aliphatic hydroxyl groups is 1. The molecule has 0 saturated carbocycles. The zero-order valence-electron chi connectivity index (χ0n) is 18.4. The van der Waals surface area contributed by atoms with Gasteiger partial charge in [-0.15, -0.1) is 5.10 Å². The number of ether oxygens (including phenoxy) is 1. The summed E-state index contributed by atoms with van der Waals surface area (Å²) in [4.78, 5) is 31.1. The molecule has 1 saturated heterocycles. The molecule has 1 aromatic carbocycles. The van der Waals surface area contributed by atoms with Gasteiger partial charge < -0.3 is 25.4 Å². The molecule has 0 aliphatic carbocycles. The third-order valence-electron chi connectivity index (χ3n) is 5.77. The van der Waals surface area contributed by atoms with E-state index >= 15 is 0 Å². The Bertz CT molecular complexity index is 1440. The monoisotopic (exact) mass is 481 g/mol. The summed E-state index contributed by atoms with van der Waals surface area (Å²) in [6.45, 7) is 1.49. The van der Waals surface area contributed by atoms with Crippen LogP contribution in [0.5, 0.6) is 0 Å². The number of nitrogens with zero attached hydrogens (tertiary/aromatic N) is 5. The van der Waals surface area contributed by atoms with Crippen LogP contribution in [0.2, 0.25) is 0 Å². The molecule has 0 spiro atoms. The van der Waals surface area contributed by atoms with Crippen LogP contribution in [0.3, 0.4) is 0 Å². The van der Waals surface area contributed by atoms with Crippen molar-refractivity contribution in [3.8, 4) is 5.69 Å². The summed E-state index contributed by atoms with van der Waals surface area (Å²) in [5.74, 6) is -1.70. The standard InChI is InChI=1S/C22H20FN7O5/c1-22(18(31)20(32)26-12-2-3-13-16(10-12)35-28-19(13)24)21(33)29(8-9-34-22)17-5-7-30(27-17)15-4-6-25-11-14(15)23/h2-7,10-11,18,31H,8-9H2,1H3,(H2,24,28)(H,26,32)/t18?,22-/m1/s1. The normalized spacial score (nSPS) is 19.2. The molecule has 0 radical (unpaired) electrons. The van der Waals surface area contributed by atoms with Gasteiger partial charge in [0, 0.05) is 30.2 Å². The molecule has 4 aromatic rings. The lowest BCUT2D eigenvalue weighted by atomic mass is 9.94. The van der Waals surface area contributed by atoms with Gasteiger partial charge in [0.1, 0.15) is 5.69 Å². The second kappa shape index (κ2) is 8.45. The predicted octanol–water partition coefficient (Wildman–Crippen LogP) is 1.25. The van der Waals surface area contributed by atoms with Gasteiger partial charge in [-0.2, -0.15) is 0 Å². The van der Waals surface area contributed by atoms with E-state index in [4.69, 9.17) is 15.0 Å². The fraction of sp³-hybridized carbons (Fsp3) is 0.227. The Kier molecular flexibility index (Phi) is 5.42. The summed E-state index contributed by atoms with van der Waals surface area (Å²) in [5.41, 5.74) is 4.60. The van der Waals surface area contributed by atoms with Gasteiger partial charge in [0.25, 0.3) is 11.8 Å². The van der Waals surface area contributed by atoms with E-state index in [1.807, 2.05) is 0 Å². The van der Waals surface area contributed by atoms with Crippen molar-refractivity contribution in [1.29, 1.82) is 0 Å². The van der Waals surface area contributed by atoms with Crippen molar-refractivity contribution in [3.05, 3.63) is 54.7 Å². The molecule has 4 heterocycles. The van der Waals surface area contributed by atoms with Crippen molar-refractivity contribution in [2.24, 2.45) is 0 Å². The first-order valence-corrected chi connectivity index (χ1v) is 10.5. The number of pyridine rings is 1. The number of morpholine rings is 1. The first-order chi connectivity index (χ1) is 16.8. The molecule has 3 aromatic heterocycles. The number of rotatable bonds is 5. The van der Waals surface area contributed by atoms with Gasteiger partial charge in [-0.1, -0.05) is 5.16 Å². The number of halogens is 1. The predicted molar refractivity (Wildman–Crippen MR) is 121 cm³/mol. The Balaban J connectivity index is 1.35. The maximum atomic E-state index is 14.1. The highest BCUT2D eigenvalue weighted by Gasteiger charge is 2.51. The lowest BCUT2D eigenvalue weighted by Gasteiger charge is -2.40. The minimum absolute atomic E-state index is 0.0341. The van der Waals surface area contributed by atoms with Crippen LogP contribution >= 0.6 is 0 Å². The molecule has 12 nitrogen and oxygen atoms in total. The molecule has 2 atom stereocenters. The van der Waals surface area contributed by atoms with E-state index in [0.29, 0.717) is 16.7 Å². The Hall–Kier alpha value is -4.36. The minimum Gasteiger partial charge on any atom is -0.380 e. The van der Waals surface area contributed by atoms with Crippen molar-refractivity contribution in [1.82, 2.24) is 19.9 Å². The van der Waals surface area contributed by atoms with Crippen LogP contribution in [0, 0.1) is 5.82 Å². The molecule has 5 rings (SSSR count). The van der Waals surface area contributed by atoms with E-state index in [2.05, 4.69) is 20.6 Å². The zero-order valence-corrected chi connectivity index (χ0v) is 18.4. The minimum atomic E-state index is -1.89. The second-order valence-corrected chi connectivity index (χ2v) is 8.03. The average molecular weight is 481 g/mol. The van der Waals surface area contributed by atoms with Crippen LogP contribution in [0.1, 0.15) is 6.92 Å². The first kappa shape index (κ1) is 22.4. The lowest BCUT2D eigenvalue weighted by molar-refractivity contribution is -0.170. The summed E-state index contributed by atoms with van der Waals surface area (Å²) >= 11 is 0. The van der Waals surface area contributed by atoms with Gasteiger partial charge in [-0.3, -0.25) is 19.5 Å². The fourth-order valence-corrected chi connectivity index (χ4v) is 3.84. The Morgan fingerprint density at radius 1 is 1.34 bits per heavy atom. The van der Waals surface area contributed by atoms with Gasteiger partial charge in [-0.05, 0) is 25.1 Å². The molecule has 4 N–H and O–H groups in total. The molecule has 0 bridgehead atoms. The van der Waals surface area contributed by atoms with Gasteiger partial charge in [0.05, 0.1) is 24.7 Å². The Morgan fingerprint density at radius 3 is 2.97 bits per heavy atom. The number of benzene rings is 1.